The summed E-state index contributed by atoms with van der Waals surface area (Å²) in [6.07, 6.45) is 10.0. The lowest BCUT2D eigenvalue weighted by atomic mass is 10.0. The lowest BCUT2D eigenvalue weighted by molar-refractivity contribution is -0.132. The van der Waals surface area contributed by atoms with Gasteiger partial charge in [0.1, 0.15) is 0 Å². The second kappa shape index (κ2) is 7.73. The lowest BCUT2D eigenvalue weighted by Crippen LogP contribution is -2.48. The van der Waals surface area contributed by atoms with Crippen LogP contribution in [0.2, 0.25) is 0 Å². The first-order chi connectivity index (χ1) is 10.0. The van der Waals surface area contributed by atoms with Gasteiger partial charge in [-0.15, -0.1) is 0 Å². The summed E-state index contributed by atoms with van der Waals surface area (Å²) >= 11 is 0. The van der Waals surface area contributed by atoms with Crippen LogP contribution in [0.5, 0.6) is 0 Å². The third-order valence-electron chi connectivity index (χ3n) is 4.87. The number of nitrogens with zero attached hydrogens (tertiary/aromatic N) is 1. The molecule has 1 heterocycles. The van der Waals surface area contributed by atoms with Gasteiger partial charge in [-0.05, 0) is 32.1 Å². The number of unbranched alkanes of at least 4 members (excludes halogenated alkanes) is 1. The molecule has 1 aliphatic heterocycles. The Morgan fingerprint density at radius 2 is 2.05 bits per heavy atom. The smallest absolute Gasteiger partial charge is 0.241 e. The first-order valence-electron chi connectivity index (χ1n) is 8.42. The first kappa shape index (κ1) is 16.9. The number of amides is 1. The van der Waals surface area contributed by atoms with Gasteiger partial charge < -0.3 is 4.90 Å². The van der Waals surface area contributed by atoms with Crippen molar-refractivity contribution in [3.8, 4) is 0 Å². The molecule has 0 radical (unpaired) electrons. The van der Waals surface area contributed by atoms with Crippen LogP contribution < -0.4 is 5.32 Å². The molecule has 2 rings (SSSR count). The van der Waals surface area contributed by atoms with Crippen molar-refractivity contribution >= 4 is 16.7 Å². The molecule has 0 aromatic carbocycles. The molecule has 2 aliphatic rings. The van der Waals surface area contributed by atoms with E-state index in [0.29, 0.717) is 11.7 Å². The van der Waals surface area contributed by atoms with Crippen LogP contribution in [0, 0.1) is 5.92 Å². The normalized spacial score (nSPS) is 30.0. The van der Waals surface area contributed by atoms with Gasteiger partial charge in [0.2, 0.25) is 5.91 Å². The number of nitrogens with one attached hydrogen (secondary N) is 1. The van der Waals surface area contributed by atoms with E-state index in [0.717, 1.165) is 19.3 Å². The molecule has 0 bridgehead atoms. The standard InChI is InChI=1S/C16H30N2O2S/c1-4-5-10-14-16(19)18(12(2)11-21(3)20)15(17-14)13-8-6-7-9-13/h12-15,17H,4-11H2,1-3H3. The molecule has 1 saturated carbocycles. The molecule has 4 unspecified atom stereocenters. The average molecular weight is 314 g/mol. The highest BCUT2D eigenvalue weighted by Crippen LogP contribution is 2.33. The van der Waals surface area contributed by atoms with E-state index in [2.05, 4.69) is 12.2 Å². The third kappa shape index (κ3) is 4.07. The monoisotopic (exact) mass is 314 g/mol. The minimum Gasteiger partial charge on any atom is -0.322 e. The topological polar surface area (TPSA) is 49.4 Å². The molecule has 4 atom stereocenters. The molecule has 5 heteroatoms. The molecule has 2 fully saturated rings. The number of rotatable bonds is 7. The summed E-state index contributed by atoms with van der Waals surface area (Å²) in [4.78, 5) is 14.8. The van der Waals surface area contributed by atoms with Crippen molar-refractivity contribution < 1.29 is 9.00 Å². The summed E-state index contributed by atoms with van der Waals surface area (Å²) in [6, 6.07) is 0.0383. The molecule has 1 aliphatic carbocycles. The highest BCUT2D eigenvalue weighted by Gasteiger charge is 2.44. The quantitative estimate of drug-likeness (QED) is 0.784. The summed E-state index contributed by atoms with van der Waals surface area (Å²) in [5.41, 5.74) is 0. The van der Waals surface area contributed by atoms with E-state index >= 15 is 0 Å². The molecule has 0 spiro atoms. The Kier molecular flexibility index (Phi) is 6.23. The van der Waals surface area contributed by atoms with E-state index in [1.807, 2.05) is 11.8 Å². The molecule has 21 heavy (non-hydrogen) atoms. The van der Waals surface area contributed by atoms with E-state index in [-0.39, 0.29) is 24.2 Å². The van der Waals surface area contributed by atoms with Crippen LogP contribution >= 0.6 is 0 Å². The van der Waals surface area contributed by atoms with Gasteiger partial charge in [0.25, 0.3) is 0 Å². The van der Waals surface area contributed by atoms with E-state index in [1.165, 1.54) is 25.7 Å². The molecule has 1 saturated heterocycles. The average Bonchev–Trinajstić information content (AvgIpc) is 3.03. The van der Waals surface area contributed by atoms with Gasteiger partial charge in [-0.3, -0.25) is 14.3 Å². The van der Waals surface area contributed by atoms with E-state index in [1.54, 1.807) is 6.26 Å². The van der Waals surface area contributed by atoms with E-state index in [4.69, 9.17) is 0 Å². The van der Waals surface area contributed by atoms with Gasteiger partial charge in [0, 0.05) is 28.9 Å². The maximum absolute atomic E-state index is 12.8. The fourth-order valence-corrected chi connectivity index (χ4v) is 4.68. The van der Waals surface area contributed by atoms with Gasteiger partial charge >= 0.3 is 0 Å². The second-order valence-corrected chi connectivity index (χ2v) is 8.16. The van der Waals surface area contributed by atoms with Crippen molar-refractivity contribution in [2.75, 3.05) is 12.0 Å². The van der Waals surface area contributed by atoms with Gasteiger partial charge in [0.15, 0.2) is 0 Å². The van der Waals surface area contributed by atoms with Crippen LogP contribution in [0.4, 0.5) is 0 Å². The zero-order chi connectivity index (χ0) is 15.4. The fourth-order valence-electron chi connectivity index (χ4n) is 3.84. The highest BCUT2D eigenvalue weighted by molar-refractivity contribution is 7.84. The highest BCUT2D eigenvalue weighted by atomic mass is 32.2. The Bertz CT molecular complexity index is 382. The van der Waals surface area contributed by atoms with Crippen molar-refractivity contribution in [2.24, 2.45) is 5.92 Å². The van der Waals surface area contributed by atoms with Crippen molar-refractivity contribution in [3.05, 3.63) is 0 Å². The Morgan fingerprint density at radius 1 is 1.38 bits per heavy atom. The van der Waals surface area contributed by atoms with Crippen LogP contribution in [-0.4, -0.2) is 45.3 Å². The van der Waals surface area contributed by atoms with Gasteiger partial charge in [-0.25, -0.2) is 0 Å². The summed E-state index contributed by atoms with van der Waals surface area (Å²) in [5, 5.41) is 3.60. The van der Waals surface area contributed by atoms with E-state index < -0.39 is 10.8 Å². The molecular weight excluding hydrogens is 284 g/mol. The van der Waals surface area contributed by atoms with Crippen LogP contribution in [0.3, 0.4) is 0 Å². The predicted octanol–water partition coefficient (Wildman–Crippen LogP) is 2.26. The predicted molar refractivity (Wildman–Crippen MR) is 87.4 cm³/mol. The Balaban J connectivity index is 2.10. The second-order valence-electron chi connectivity index (χ2n) is 6.69. The van der Waals surface area contributed by atoms with Gasteiger partial charge in [-0.1, -0.05) is 32.6 Å². The fraction of sp³-hybridized carbons (Fsp3) is 0.938. The van der Waals surface area contributed by atoms with Crippen molar-refractivity contribution in [2.45, 2.75) is 77.0 Å². The molecule has 1 amide bonds. The van der Waals surface area contributed by atoms with Crippen molar-refractivity contribution in [1.29, 1.82) is 0 Å². The zero-order valence-electron chi connectivity index (χ0n) is 13.6. The Hall–Kier alpha value is -0.420. The number of carbonyl (C=O) groups excluding carboxylic acids is 1. The number of hydrogen-bond donors (Lipinski definition) is 1. The summed E-state index contributed by atoms with van der Waals surface area (Å²) in [7, 11) is -0.861. The van der Waals surface area contributed by atoms with Crippen LogP contribution in [-0.2, 0) is 15.6 Å². The Labute approximate surface area is 131 Å². The summed E-state index contributed by atoms with van der Waals surface area (Å²) in [5.74, 6) is 1.39. The molecule has 122 valence electrons. The van der Waals surface area contributed by atoms with Crippen LogP contribution in [0.15, 0.2) is 0 Å². The summed E-state index contributed by atoms with van der Waals surface area (Å²) in [6.45, 7) is 4.21. The molecule has 4 nitrogen and oxygen atoms in total. The number of carbonyl (C=O) groups is 1. The van der Waals surface area contributed by atoms with Gasteiger partial charge in [0.05, 0.1) is 12.2 Å². The SMILES string of the molecule is CCCCC1NC(C2CCCC2)N(C(C)CS(C)=O)C1=O. The molecule has 0 aromatic rings. The minimum atomic E-state index is -0.861. The first-order valence-corrected chi connectivity index (χ1v) is 10.2. The molecule has 1 N–H and O–H groups in total. The summed E-state index contributed by atoms with van der Waals surface area (Å²) < 4.78 is 11.6. The maximum Gasteiger partial charge on any atom is 0.241 e. The molecular formula is C16H30N2O2S. The van der Waals surface area contributed by atoms with E-state index in [9.17, 15) is 9.00 Å². The van der Waals surface area contributed by atoms with Gasteiger partial charge in [-0.2, -0.15) is 0 Å². The van der Waals surface area contributed by atoms with Crippen molar-refractivity contribution in [1.82, 2.24) is 10.2 Å². The van der Waals surface area contributed by atoms with Crippen LogP contribution in [0.25, 0.3) is 0 Å². The third-order valence-corrected chi connectivity index (χ3v) is 5.82. The van der Waals surface area contributed by atoms with Crippen molar-refractivity contribution in [3.63, 3.8) is 0 Å². The van der Waals surface area contributed by atoms with Crippen LogP contribution in [0.1, 0.15) is 58.8 Å². The maximum atomic E-state index is 12.8. The lowest BCUT2D eigenvalue weighted by Gasteiger charge is -2.33. The minimum absolute atomic E-state index is 0.0247. The largest absolute Gasteiger partial charge is 0.322 e. The Morgan fingerprint density at radius 3 is 2.62 bits per heavy atom. The molecule has 0 aromatic heterocycles. The number of hydrogen-bond acceptors (Lipinski definition) is 3. The zero-order valence-corrected chi connectivity index (χ0v) is 14.5.